The summed E-state index contributed by atoms with van der Waals surface area (Å²) < 4.78 is 18.8. The molecule has 0 aliphatic heterocycles. The van der Waals surface area contributed by atoms with Crippen LogP contribution in [0.4, 0.5) is 4.39 Å². The molecule has 5 nitrogen and oxygen atoms in total. The van der Waals surface area contributed by atoms with Gasteiger partial charge in [-0.05, 0) is 48.5 Å². The number of hydrogen-bond donors (Lipinski definition) is 2. The highest BCUT2D eigenvalue weighted by atomic mass is 19.1. The van der Waals surface area contributed by atoms with Gasteiger partial charge in [-0.1, -0.05) is 36.4 Å². The number of benzene rings is 3. The summed E-state index contributed by atoms with van der Waals surface area (Å²) in [5.41, 5.74) is 0.726. The van der Waals surface area contributed by atoms with Gasteiger partial charge in [0.2, 0.25) is 5.91 Å². The van der Waals surface area contributed by atoms with Crippen molar-refractivity contribution in [2.75, 3.05) is 14.2 Å². The molecule has 1 atom stereocenters. The predicted octanol–water partition coefficient (Wildman–Crippen LogP) is 3.61. The second-order valence-corrected chi connectivity index (χ2v) is 6.83. The Balaban J connectivity index is 1.96. The maximum Gasteiger partial charge on any atom is 0.244 e. The van der Waals surface area contributed by atoms with Crippen molar-refractivity contribution in [2.24, 2.45) is 0 Å². The SMILES string of the molecule is CNC(C)(C(=O)NCc1c(OC)c(C#N)cc2ccccc12)c1ccc(F)cc1. The Kier molecular flexibility index (Phi) is 5.81. The topological polar surface area (TPSA) is 74.2 Å². The van der Waals surface area contributed by atoms with Crippen LogP contribution in [0.15, 0.2) is 54.6 Å². The maximum absolute atomic E-state index is 13.3. The minimum Gasteiger partial charge on any atom is -0.495 e. The van der Waals surface area contributed by atoms with Crippen molar-refractivity contribution in [3.63, 3.8) is 0 Å². The number of halogens is 1. The van der Waals surface area contributed by atoms with Crippen molar-refractivity contribution in [1.29, 1.82) is 5.26 Å². The number of methoxy groups -OCH3 is 1. The van der Waals surface area contributed by atoms with Crippen LogP contribution in [0.25, 0.3) is 10.8 Å². The number of fused-ring (bicyclic) bond motifs is 1. The van der Waals surface area contributed by atoms with Crippen molar-refractivity contribution in [2.45, 2.75) is 19.0 Å². The van der Waals surface area contributed by atoms with Crippen LogP contribution >= 0.6 is 0 Å². The fourth-order valence-corrected chi connectivity index (χ4v) is 3.41. The Labute approximate surface area is 169 Å². The molecule has 0 radical (unpaired) electrons. The van der Waals surface area contributed by atoms with E-state index in [4.69, 9.17) is 4.74 Å². The van der Waals surface area contributed by atoms with E-state index in [1.54, 1.807) is 32.2 Å². The molecule has 3 aromatic rings. The highest BCUT2D eigenvalue weighted by Crippen LogP contribution is 2.32. The van der Waals surface area contributed by atoms with Crippen molar-refractivity contribution in [3.8, 4) is 11.8 Å². The summed E-state index contributed by atoms with van der Waals surface area (Å²) in [5, 5.41) is 17.2. The minimum atomic E-state index is -1.05. The molecule has 2 N–H and O–H groups in total. The monoisotopic (exact) mass is 391 g/mol. The molecule has 0 saturated carbocycles. The Morgan fingerprint density at radius 3 is 2.52 bits per heavy atom. The molecule has 0 aromatic heterocycles. The summed E-state index contributed by atoms with van der Waals surface area (Å²) in [7, 11) is 3.18. The minimum absolute atomic E-state index is 0.177. The lowest BCUT2D eigenvalue weighted by atomic mass is 9.91. The average Bonchev–Trinajstić information content (AvgIpc) is 2.76. The summed E-state index contributed by atoms with van der Waals surface area (Å²) >= 11 is 0. The first kappa shape index (κ1) is 20.3. The molecule has 0 aliphatic carbocycles. The first-order chi connectivity index (χ1) is 13.9. The molecule has 0 heterocycles. The molecule has 0 fully saturated rings. The zero-order valence-electron chi connectivity index (χ0n) is 16.5. The largest absolute Gasteiger partial charge is 0.495 e. The van der Waals surface area contributed by atoms with Gasteiger partial charge in [0, 0.05) is 12.1 Å². The van der Waals surface area contributed by atoms with Crippen molar-refractivity contribution < 1.29 is 13.9 Å². The van der Waals surface area contributed by atoms with Gasteiger partial charge in [-0.15, -0.1) is 0 Å². The number of amides is 1. The third-order valence-electron chi connectivity index (χ3n) is 5.23. The smallest absolute Gasteiger partial charge is 0.244 e. The van der Waals surface area contributed by atoms with Gasteiger partial charge in [0.05, 0.1) is 12.7 Å². The third-order valence-corrected chi connectivity index (χ3v) is 5.23. The third kappa shape index (κ3) is 3.78. The quantitative estimate of drug-likeness (QED) is 0.673. The van der Waals surface area contributed by atoms with Gasteiger partial charge in [0.15, 0.2) is 0 Å². The number of likely N-dealkylation sites (N-methyl/N-ethyl adjacent to an activating group) is 1. The Morgan fingerprint density at radius 2 is 1.90 bits per heavy atom. The highest BCUT2D eigenvalue weighted by molar-refractivity contribution is 5.91. The van der Waals surface area contributed by atoms with Gasteiger partial charge in [0.1, 0.15) is 23.2 Å². The van der Waals surface area contributed by atoms with Crippen LogP contribution in [0.5, 0.6) is 5.75 Å². The Hall–Kier alpha value is -3.43. The number of carbonyl (C=O) groups is 1. The van der Waals surface area contributed by atoms with Crippen LogP contribution in [-0.4, -0.2) is 20.1 Å². The first-order valence-electron chi connectivity index (χ1n) is 9.16. The molecule has 1 unspecified atom stereocenters. The van der Waals surface area contributed by atoms with Crippen LogP contribution in [0.3, 0.4) is 0 Å². The fourth-order valence-electron chi connectivity index (χ4n) is 3.41. The van der Waals surface area contributed by atoms with Gasteiger partial charge in [-0.3, -0.25) is 4.79 Å². The summed E-state index contributed by atoms with van der Waals surface area (Å²) in [4.78, 5) is 13.1. The van der Waals surface area contributed by atoms with E-state index in [-0.39, 0.29) is 18.3 Å². The van der Waals surface area contributed by atoms with E-state index in [1.165, 1.54) is 19.2 Å². The molecule has 0 bridgehead atoms. The van der Waals surface area contributed by atoms with Crippen LogP contribution in [0, 0.1) is 17.1 Å². The lowest BCUT2D eigenvalue weighted by Crippen LogP contribution is -2.50. The van der Waals surface area contributed by atoms with Crippen molar-refractivity contribution in [1.82, 2.24) is 10.6 Å². The summed E-state index contributed by atoms with van der Waals surface area (Å²) in [6.07, 6.45) is 0. The van der Waals surface area contributed by atoms with Gasteiger partial charge in [0.25, 0.3) is 0 Å². The van der Waals surface area contributed by atoms with Gasteiger partial charge in [-0.2, -0.15) is 5.26 Å². The van der Waals surface area contributed by atoms with E-state index in [2.05, 4.69) is 16.7 Å². The molecule has 29 heavy (non-hydrogen) atoms. The van der Waals surface area contributed by atoms with Crippen LogP contribution in [0.2, 0.25) is 0 Å². The Morgan fingerprint density at radius 1 is 1.21 bits per heavy atom. The van der Waals surface area contributed by atoms with E-state index in [0.29, 0.717) is 16.9 Å². The fraction of sp³-hybridized carbons (Fsp3) is 0.217. The summed E-state index contributed by atoms with van der Waals surface area (Å²) in [6.45, 7) is 1.91. The first-order valence-corrected chi connectivity index (χ1v) is 9.16. The van der Waals surface area contributed by atoms with Crippen molar-refractivity contribution in [3.05, 3.63) is 77.1 Å². The molecular weight excluding hydrogens is 369 g/mol. The second-order valence-electron chi connectivity index (χ2n) is 6.83. The van der Waals surface area contributed by atoms with E-state index < -0.39 is 5.54 Å². The number of ether oxygens (including phenoxy) is 1. The number of carbonyl (C=O) groups excluding carboxylic acids is 1. The van der Waals surface area contributed by atoms with Crippen LogP contribution in [0.1, 0.15) is 23.6 Å². The molecule has 148 valence electrons. The lowest BCUT2D eigenvalue weighted by Gasteiger charge is -2.29. The van der Waals surface area contributed by atoms with E-state index in [9.17, 15) is 14.4 Å². The summed E-state index contributed by atoms with van der Waals surface area (Å²) in [6, 6.07) is 17.4. The van der Waals surface area contributed by atoms with E-state index >= 15 is 0 Å². The number of hydrogen-bond acceptors (Lipinski definition) is 4. The maximum atomic E-state index is 13.3. The van der Waals surface area contributed by atoms with E-state index in [1.807, 2.05) is 24.3 Å². The zero-order chi connectivity index (χ0) is 21.0. The number of nitriles is 1. The van der Waals surface area contributed by atoms with E-state index in [0.717, 1.165) is 16.3 Å². The van der Waals surface area contributed by atoms with Gasteiger partial charge in [-0.25, -0.2) is 4.39 Å². The molecule has 0 aliphatic rings. The molecule has 1 amide bonds. The molecule has 3 rings (SSSR count). The second kappa shape index (κ2) is 8.29. The van der Waals surface area contributed by atoms with Crippen LogP contribution in [-0.2, 0) is 16.9 Å². The molecule has 3 aromatic carbocycles. The molecule has 0 spiro atoms. The van der Waals surface area contributed by atoms with Gasteiger partial charge < -0.3 is 15.4 Å². The normalized spacial score (nSPS) is 12.8. The molecule has 6 heteroatoms. The number of nitrogens with one attached hydrogen (secondary N) is 2. The lowest BCUT2D eigenvalue weighted by molar-refractivity contribution is -0.127. The highest BCUT2D eigenvalue weighted by Gasteiger charge is 2.33. The van der Waals surface area contributed by atoms with Crippen molar-refractivity contribution >= 4 is 16.7 Å². The number of rotatable bonds is 6. The Bertz CT molecular complexity index is 1090. The predicted molar refractivity (Wildman–Crippen MR) is 110 cm³/mol. The molecule has 0 saturated heterocycles. The zero-order valence-corrected chi connectivity index (χ0v) is 16.5. The summed E-state index contributed by atoms with van der Waals surface area (Å²) in [5.74, 6) is -0.198. The van der Waals surface area contributed by atoms with Crippen LogP contribution < -0.4 is 15.4 Å². The molecular formula is C23H22FN3O2. The average molecular weight is 391 g/mol. The standard InChI is InChI=1S/C23H22FN3O2/c1-23(26-2,17-8-10-18(24)11-9-17)22(28)27-14-20-19-7-5-4-6-15(19)12-16(13-25)21(20)29-3/h4-12,26H,14H2,1-3H3,(H,27,28). The number of nitrogens with zero attached hydrogens (tertiary/aromatic N) is 1. The van der Waals surface area contributed by atoms with Gasteiger partial charge >= 0.3 is 0 Å².